The number of thioether (sulfide) groups is 1. The number of piperazine rings is 1. The number of nitrogens with one attached hydrogen (secondary N) is 3. The van der Waals surface area contributed by atoms with Gasteiger partial charge in [-0.15, -0.1) is 11.3 Å². The highest BCUT2D eigenvalue weighted by Crippen LogP contribution is 2.52. The molecule has 2 aromatic rings. The maximum atomic E-state index is 13.5. The fourth-order valence-electron chi connectivity index (χ4n) is 5.60. The highest BCUT2D eigenvalue weighted by atomic mass is 35.5. The van der Waals surface area contributed by atoms with E-state index < -0.39 is 123 Å². The molecule has 1 aromatic carbocycles. The lowest BCUT2D eigenvalue weighted by atomic mass is 9.90. The standard InChI is InChI=1S/C31H32ClN9O14S2/c1-30(2,27(51)52)55-38-18(14-10-56-29(33)36-14)16(43)9-13-23(48)39-11-31(28(53)54,57-26(13)39)40-7-8-41(25(50)24(40)49)37-22(47)21(46)35-6-5-34-20(45)12-3-4-15(42)19(44)17(12)32/h3-4,10,13,26,42,44H,5-9,11H2,1-2H3,(H2,33,36)(H,34,45)(H,35,46)(H,37,47)(H,51,52)(H,53,54)/b38-18-/t13-,26-,31-/m1/s1. The quantitative estimate of drug-likeness (QED) is 0.0252. The number of anilines is 1. The van der Waals surface area contributed by atoms with E-state index in [1.807, 2.05) is 5.43 Å². The van der Waals surface area contributed by atoms with Crippen LogP contribution in [0, 0.1) is 5.92 Å². The zero-order chi connectivity index (χ0) is 42.1. The zero-order valence-corrected chi connectivity index (χ0v) is 31.9. The molecule has 0 aliphatic carbocycles. The molecular weight excluding hydrogens is 822 g/mol. The largest absolute Gasteiger partial charge is 0.504 e. The van der Waals surface area contributed by atoms with Crippen molar-refractivity contribution in [3.8, 4) is 11.5 Å². The topological polar surface area (TPSA) is 341 Å². The smallest absolute Gasteiger partial charge is 0.350 e. The average Bonchev–Trinajstić information content (AvgIpc) is 3.75. The van der Waals surface area contributed by atoms with E-state index >= 15 is 0 Å². The number of hydrogen-bond donors (Lipinski definition) is 8. The third-order valence-corrected chi connectivity index (χ3v) is 11.5. The summed E-state index contributed by atoms with van der Waals surface area (Å²) in [5.41, 5.74) is 5.13. The summed E-state index contributed by atoms with van der Waals surface area (Å²) < 4.78 is 0. The molecule has 3 atom stereocenters. The van der Waals surface area contributed by atoms with Crippen molar-refractivity contribution >= 4 is 98.7 Å². The van der Waals surface area contributed by atoms with E-state index in [0.717, 1.165) is 33.3 Å². The van der Waals surface area contributed by atoms with Crippen LogP contribution in [-0.2, 0) is 43.2 Å². The normalized spacial score (nSPS) is 20.7. The first-order valence-corrected chi connectivity index (χ1v) is 18.5. The molecule has 3 aliphatic rings. The van der Waals surface area contributed by atoms with Crippen molar-refractivity contribution in [2.45, 2.75) is 36.1 Å². The highest BCUT2D eigenvalue weighted by Gasteiger charge is 2.66. The van der Waals surface area contributed by atoms with Gasteiger partial charge in [0.05, 0.1) is 35.0 Å². The van der Waals surface area contributed by atoms with Gasteiger partial charge in [0, 0.05) is 31.4 Å². The van der Waals surface area contributed by atoms with Crippen molar-refractivity contribution in [1.82, 2.24) is 35.9 Å². The van der Waals surface area contributed by atoms with Crippen molar-refractivity contribution < 1.29 is 68.4 Å². The second kappa shape index (κ2) is 16.1. The molecular formula is C31H32ClN9O14S2. The van der Waals surface area contributed by atoms with Crippen molar-refractivity contribution in [1.29, 1.82) is 0 Å². The van der Waals surface area contributed by atoms with Crippen LogP contribution in [0.3, 0.4) is 0 Å². The molecule has 26 heteroatoms. The second-order valence-electron chi connectivity index (χ2n) is 12.9. The van der Waals surface area contributed by atoms with Crippen LogP contribution in [0.1, 0.15) is 36.3 Å². The number of halogens is 1. The van der Waals surface area contributed by atoms with Crippen LogP contribution in [0.4, 0.5) is 5.13 Å². The molecule has 0 unspecified atom stereocenters. The average molecular weight is 854 g/mol. The number of aromatic nitrogens is 1. The Morgan fingerprint density at radius 3 is 2.37 bits per heavy atom. The Bertz CT molecular complexity index is 2130. The van der Waals surface area contributed by atoms with Gasteiger partial charge in [-0.25, -0.2) is 19.6 Å². The number of nitrogen functional groups attached to an aromatic ring is 1. The molecule has 3 aliphatic heterocycles. The molecule has 5 rings (SSSR count). The van der Waals surface area contributed by atoms with Gasteiger partial charge in [0.15, 0.2) is 28.1 Å². The summed E-state index contributed by atoms with van der Waals surface area (Å²) in [4.78, 5) is 123. The Morgan fingerprint density at radius 2 is 1.74 bits per heavy atom. The minimum Gasteiger partial charge on any atom is -0.504 e. The highest BCUT2D eigenvalue weighted by molar-refractivity contribution is 8.02. The SMILES string of the molecule is CC(C)(O/N=C(\C(=O)C[C@@H]1C(=O)N2C[C@@](C(=O)O)(N3CCN(NC(=O)C(=O)NCCNC(=O)c4ccc(O)c(O)c4Cl)C(=O)C3=O)S[C@H]12)c1csc(N)n1)C(=O)O. The van der Waals surface area contributed by atoms with Gasteiger partial charge in [0.25, 0.3) is 5.91 Å². The Hall–Kier alpha value is -6.21. The van der Waals surface area contributed by atoms with Crippen molar-refractivity contribution in [3.63, 3.8) is 0 Å². The van der Waals surface area contributed by atoms with E-state index in [0.29, 0.717) is 16.8 Å². The van der Waals surface area contributed by atoms with Gasteiger partial charge in [0.1, 0.15) is 5.69 Å². The predicted molar refractivity (Wildman–Crippen MR) is 194 cm³/mol. The number of aliphatic carboxylic acids is 2. The third kappa shape index (κ3) is 8.20. The fraction of sp³-hybridized carbons (Fsp3) is 0.387. The van der Waals surface area contributed by atoms with Gasteiger partial charge < -0.3 is 51.4 Å². The number of benzene rings is 1. The molecule has 0 saturated carbocycles. The summed E-state index contributed by atoms with van der Waals surface area (Å²) in [6.45, 7) is 0.329. The Morgan fingerprint density at radius 1 is 1.05 bits per heavy atom. The summed E-state index contributed by atoms with van der Waals surface area (Å²) in [6.07, 6.45) is -0.547. The number of hydrogen-bond acceptors (Lipinski definition) is 17. The molecule has 0 radical (unpaired) electrons. The predicted octanol–water partition coefficient (Wildman–Crippen LogP) is -2.11. The molecule has 1 aromatic heterocycles. The summed E-state index contributed by atoms with van der Waals surface area (Å²) >= 11 is 7.44. The molecule has 57 heavy (non-hydrogen) atoms. The Labute approximate surface area is 333 Å². The molecule has 304 valence electrons. The number of ketones is 1. The number of thiazole rings is 1. The Balaban J connectivity index is 1.18. The minimum absolute atomic E-state index is 0.0502. The second-order valence-corrected chi connectivity index (χ2v) is 15.5. The zero-order valence-electron chi connectivity index (χ0n) is 29.5. The number of carboxylic acids is 2. The van der Waals surface area contributed by atoms with Gasteiger partial charge in [-0.1, -0.05) is 28.5 Å². The number of phenolic OH excluding ortho intramolecular Hbond substituents is 2. The van der Waals surface area contributed by atoms with Crippen LogP contribution in [0.25, 0.3) is 0 Å². The van der Waals surface area contributed by atoms with Crippen LogP contribution in [-0.4, -0.2) is 148 Å². The number of carbonyl (C=O) groups is 9. The first-order chi connectivity index (χ1) is 26.7. The molecule has 0 spiro atoms. The number of aromatic hydroxyl groups is 2. The monoisotopic (exact) mass is 853 g/mol. The van der Waals surface area contributed by atoms with E-state index in [-0.39, 0.29) is 29.5 Å². The number of rotatable bonds is 14. The van der Waals surface area contributed by atoms with Gasteiger partial charge in [-0.2, -0.15) is 0 Å². The van der Waals surface area contributed by atoms with Crippen LogP contribution in [0.2, 0.25) is 5.02 Å². The lowest BCUT2D eigenvalue weighted by Crippen LogP contribution is -2.68. The van der Waals surface area contributed by atoms with Gasteiger partial charge in [-0.05, 0) is 26.0 Å². The number of fused-ring (bicyclic) bond motifs is 1. The summed E-state index contributed by atoms with van der Waals surface area (Å²) in [5.74, 6) is -13.0. The number of amides is 6. The van der Waals surface area contributed by atoms with Crippen LogP contribution in [0.15, 0.2) is 22.7 Å². The molecule has 9 N–H and O–H groups in total. The summed E-state index contributed by atoms with van der Waals surface area (Å²) in [6, 6.07) is 2.18. The first kappa shape index (κ1) is 41.9. The Kier molecular flexibility index (Phi) is 11.8. The number of carbonyl (C=O) groups excluding carboxylic acids is 7. The lowest BCUT2D eigenvalue weighted by Gasteiger charge is -2.41. The molecule has 4 heterocycles. The van der Waals surface area contributed by atoms with E-state index in [9.17, 15) is 63.6 Å². The summed E-state index contributed by atoms with van der Waals surface area (Å²) in [5, 5.41) is 47.7. The number of oxime groups is 1. The number of phenols is 2. The van der Waals surface area contributed by atoms with Gasteiger partial charge in [0.2, 0.25) is 16.4 Å². The van der Waals surface area contributed by atoms with E-state index in [1.165, 1.54) is 19.2 Å². The number of β-lactam (4-membered cyclic amide) rings is 1. The van der Waals surface area contributed by atoms with Gasteiger partial charge >= 0.3 is 35.6 Å². The fourth-order valence-corrected chi connectivity index (χ4v) is 8.09. The number of Topliss-reactive ketones (excluding diaryl/α,β-unsaturated/α-hetero) is 1. The number of nitrogens with two attached hydrogens (primary N) is 1. The molecule has 0 bridgehead atoms. The van der Waals surface area contributed by atoms with Crippen molar-refractivity contribution in [2.75, 3.05) is 38.5 Å². The van der Waals surface area contributed by atoms with E-state index in [4.69, 9.17) is 22.2 Å². The van der Waals surface area contributed by atoms with Gasteiger partial charge in [-0.3, -0.25) is 39.0 Å². The van der Waals surface area contributed by atoms with Crippen LogP contribution >= 0.6 is 34.7 Å². The molecule has 3 saturated heterocycles. The molecule has 3 fully saturated rings. The number of carboxylic acid groups (broad SMARTS) is 2. The van der Waals surface area contributed by atoms with E-state index in [2.05, 4.69) is 20.8 Å². The maximum absolute atomic E-state index is 13.5. The molecule has 23 nitrogen and oxygen atoms in total. The number of hydrazine groups is 1. The van der Waals surface area contributed by atoms with E-state index in [1.54, 1.807) is 0 Å². The van der Waals surface area contributed by atoms with Crippen LogP contribution in [0.5, 0.6) is 11.5 Å². The lowest BCUT2D eigenvalue weighted by molar-refractivity contribution is -0.168. The van der Waals surface area contributed by atoms with Crippen molar-refractivity contribution in [2.24, 2.45) is 11.1 Å². The first-order valence-electron chi connectivity index (χ1n) is 16.4. The maximum Gasteiger partial charge on any atom is 0.350 e. The minimum atomic E-state index is -2.19. The van der Waals surface area contributed by atoms with Crippen molar-refractivity contribution in [3.05, 3.63) is 33.8 Å². The summed E-state index contributed by atoms with van der Waals surface area (Å²) in [7, 11) is 0. The number of nitrogens with zero attached hydrogens (tertiary/aromatic N) is 5. The third-order valence-electron chi connectivity index (χ3n) is 8.74. The van der Waals surface area contributed by atoms with Crippen LogP contribution < -0.4 is 21.8 Å². The molecule has 6 amide bonds.